The lowest BCUT2D eigenvalue weighted by atomic mass is 10.0. The number of carbonyl (C=O) groups excluding carboxylic acids is 3. The number of carbonyl (C=O) groups is 3. The van der Waals surface area contributed by atoms with E-state index in [-0.39, 0.29) is 42.3 Å². The molecular formula is C29H25Cl2NO6S. The zero-order valence-corrected chi connectivity index (χ0v) is 23.8. The molecule has 0 radical (unpaired) electrons. The molecule has 3 aromatic rings. The van der Waals surface area contributed by atoms with E-state index in [2.05, 4.69) is 0 Å². The second-order valence-corrected chi connectivity index (χ2v) is 10.1. The van der Waals surface area contributed by atoms with E-state index in [4.69, 9.17) is 37.4 Å². The van der Waals surface area contributed by atoms with Crippen LogP contribution in [0.2, 0.25) is 10.0 Å². The maximum absolute atomic E-state index is 13.3. The number of Topliss-reactive ketones (excluding diaryl/α,β-unsaturated/α-hetero) is 1. The molecule has 0 amide bonds. The summed E-state index contributed by atoms with van der Waals surface area (Å²) in [6.45, 7) is 5.35. The number of thiophene rings is 1. The molecule has 1 aromatic heterocycles. The Bertz CT molecular complexity index is 1470. The zero-order chi connectivity index (χ0) is 28.5. The maximum atomic E-state index is 13.3. The van der Waals surface area contributed by atoms with E-state index in [1.165, 1.54) is 6.08 Å². The number of rotatable bonds is 11. The first-order valence-electron chi connectivity index (χ1n) is 12.0. The summed E-state index contributed by atoms with van der Waals surface area (Å²) in [7, 11) is 0. The van der Waals surface area contributed by atoms with Crippen LogP contribution in [0.4, 0.5) is 0 Å². The molecule has 0 atom stereocenters. The highest BCUT2D eigenvalue weighted by Crippen LogP contribution is 2.32. The monoisotopic (exact) mass is 585 g/mol. The standard InChI is InChI=1S/C29H25Cl2NO6S/c1-4-36-28(34)26-17(3)27(29(35)37-5-2)39-25(26)14-23(33)20(15-32)12-19-13-21(30)10-11-24(19)38-16-18-8-6-7-9-22(18)31/h6-13H,4-5,14,16H2,1-3H3. The van der Waals surface area contributed by atoms with Crippen LogP contribution in [0.15, 0.2) is 48.0 Å². The minimum atomic E-state index is -0.655. The van der Waals surface area contributed by atoms with Gasteiger partial charge in [-0.1, -0.05) is 41.4 Å². The quantitative estimate of drug-likeness (QED) is 0.135. The Morgan fingerprint density at radius 1 is 1.03 bits per heavy atom. The van der Waals surface area contributed by atoms with Crippen LogP contribution in [0.1, 0.15) is 55.4 Å². The van der Waals surface area contributed by atoms with Crippen LogP contribution >= 0.6 is 34.5 Å². The van der Waals surface area contributed by atoms with Gasteiger partial charge in [-0.15, -0.1) is 11.3 Å². The average molecular weight is 586 g/mol. The number of esters is 2. The molecule has 0 N–H and O–H groups in total. The molecular weight excluding hydrogens is 561 g/mol. The van der Waals surface area contributed by atoms with Gasteiger partial charge in [0, 0.05) is 32.5 Å². The molecule has 0 aliphatic heterocycles. The number of hydrogen-bond donors (Lipinski definition) is 0. The molecule has 39 heavy (non-hydrogen) atoms. The third-order valence-corrected chi connectivity index (χ3v) is 7.39. The molecule has 0 unspecified atom stereocenters. The lowest BCUT2D eigenvalue weighted by Gasteiger charge is -2.11. The molecule has 0 saturated carbocycles. The molecule has 10 heteroatoms. The predicted octanol–water partition coefficient (Wildman–Crippen LogP) is 7.01. The van der Waals surface area contributed by atoms with Gasteiger partial charge in [-0.05, 0) is 56.7 Å². The first-order valence-corrected chi connectivity index (χ1v) is 13.5. The average Bonchev–Trinajstić information content (AvgIpc) is 3.23. The van der Waals surface area contributed by atoms with Crippen molar-refractivity contribution in [2.45, 2.75) is 33.8 Å². The largest absolute Gasteiger partial charge is 0.488 e. The van der Waals surface area contributed by atoms with Crippen LogP contribution in [0.3, 0.4) is 0 Å². The summed E-state index contributed by atoms with van der Waals surface area (Å²) in [4.78, 5) is 38.9. The maximum Gasteiger partial charge on any atom is 0.348 e. The Hall–Kier alpha value is -3.64. The van der Waals surface area contributed by atoms with E-state index in [0.717, 1.165) is 16.9 Å². The van der Waals surface area contributed by atoms with Gasteiger partial charge in [0.2, 0.25) is 0 Å². The first kappa shape index (κ1) is 29.9. The van der Waals surface area contributed by atoms with Crippen LogP contribution in [0.5, 0.6) is 5.75 Å². The van der Waals surface area contributed by atoms with E-state index in [1.807, 2.05) is 24.3 Å². The fourth-order valence-corrected chi connectivity index (χ4v) is 5.22. The van der Waals surface area contributed by atoms with Gasteiger partial charge in [-0.3, -0.25) is 4.79 Å². The zero-order valence-electron chi connectivity index (χ0n) is 21.5. The van der Waals surface area contributed by atoms with Gasteiger partial charge >= 0.3 is 11.9 Å². The van der Waals surface area contributed by atoms with Crippen molar-refractivity contribution in [2.75, 3.05) is 13.2 Å². The Morgan fingerprint density at radius 2 is 1.72 bits per heavy atom. The third-order valence-electron chi connectivity index (χ3n) is 5.51. The van der Waals surface area contributed by atoms with E-state index in [0.29, 0.717) is 31.8 Å². The van der Waals surface area contributed by atoms with Crippen LogP contribution in [0.25, 0.3) is 6.08 Å². The van der Waals surface area contributed by atoms with Crippen LogP contribution < -0.4 is 4.74 Å². The normalized spacial score (nSPS) is 11.0. The number of nitrogens with zero attached hydrogens (tertiary/aromatic N) is 1. The van der Waals surface area contributed by atoms with Crippen molar-refractivity contribution in [3.63, 3.8) is 0 Å². The molecule has 0 saturated heterocycles. The third kappa shape index (κ3) is 7.48. The fraction of sp³-hybridized carbons (Fsp3) is 0.241. The number of halogens is 2. The summed E-state index contributed by atoms with van der Waals surface area (Å²) < 4.78 is 16.2. The molecule has 202 valence electrons. The van der Waals surface area contributed by atoms with Crippen LogP contribution in [-0.2, 0) is 27.3 Å². The van der Waals surface area contributed by atoms with Crippen molar-refractivity contribution in [3.8, 4) is 11.8 Å². The van der Waals surface area contributed by atoms with Gasteiger partial charge in [0.15, 0.2) is 5.78 Å². The van der Waals surface area contributed by atoms with Gasteiger partial charge in [0.1, 0.15) is 23.3 Å². The lowest BCUT2D eigenvalue weighted by molar-refractivity contribution is -0.114. The number of ether oxygens (including phenoxy) is 3. The van der Waals surface area contributed by atoms with Gasteiger partial charge < -0.3 is 14.2 Å². The molecule has 7 nitrogen and oxygen atoms in total. The topological polar surface area (TPSA) is 103 Å². The highest BCUT2D eigenvalue weighted by molar-refractivity contribution is 7.14. The van der Waals surface area contributed by atoms with Crippen molar-refractivity contribution in [3.05, 3.63) is 90.1 Å². The van der Waals surface area contributed by atoms with Gasteiger partial charge in [0.25, 0.3) is 0 Å². The molecule has 0 bridgehead atoms. The van der Waals surface area contributed by atoms with Crippen LogP contribution in [0, 0.1) is 18.3 Å². The Kier molecular flexibility index (Phi) is 10.7. The summed E-state index contributed by atoms with van der Waals surface area (Å²) in [5, 5.41) is 10.8. The summed E-state index contributed by atoms with van der Waals surface area (Å²) in [5.41, 5.74) is 1.49. The van der Waals surface area contributed by atoms with Crippen molar-refractivity contribution >= 4 is 58.3 Å². The number of allylic oxidation sites excluding steroid dienone is 1. The van der Waals surface area contributed by atoms with E-state index >= 15 is 0 Å². The SMILES string of the molecule is CCOC(=O)c1sc(CC(=O)C(C#N)=Cc2cc(Cl)ccc2OCc2ccccc2Cl)c(C(=O)OCC)c1C. The minimum absolute atomic E-state index is 0.116. The smallest absolute Gasteiger partial charge is 0.348 e. The van der Waals surface area contributed by atoms with E-state index in [9.17, 15) is 19.6 Å². The van der Waals surface area contributed by atoms with E-state index in [1.54, 1.807) is 45.0 Å². The number of nitriles is 1. The number of benzene rings is 2. The highest BCUT2D eigenvalue weighted by atomic mass is 35.5. The Morgan fingerprint density at radius 3 is 2.38 bits per heavy atom. The highest BCUT2D eigenvalue weighted by Gasteiger charge is 2.28. The van der Waals surface area contributed by atoms with E-state index < -0.39 is 17.7 Å². The molecule has 3 rings (SSSR count). The summed E-state index contributed by atoms with van der Waals surface area (Å²) in [6.07, 6.45) is 1.09. The second kappa shape index (κ2) is 13.9. The molecule has 0 aliphatic carbocycles. The molecule has 0 aliphatic rings. The molecule has 1 heterocycles. The van der Waals surface area contributed by atoms with Crippen molar-refractivity contribution in [1.29, 1.82) is 5.26 Å². The van der Waals surface area contributed by atoms with Crippen molar-refractivity contribution in [1.82, 2.24) is 0 Å². The molecule has 2 aromatic carbocycles. The molecule has 0 fully saturated rings. The van der Waals surface area contributed by atoms with Gasteiger partial charge in [-0.2, -0.15) is 5.26 Å². The van der Waals surface area contributed by atoms with Crippen molar-refractivity contribution in [2.24, 2.45) is 0 Å². The fourth-order valence-electron chi connectivity index (χ4n) is 3.67. The Labute approximate surface area is 240 Å². The number of ketones is 1. The summed E-state index contributed by atoms with van der Waals surface area (Å²) in [5.74, 6) is -1.42. The number of hydrogen-bond acceptors (Lipinski definition) is 8. The summed E-state index contributed by atoms with van der Waals surface area (Å²) >= 11 is 13.4. The lowest BCUT2D eigenvalue weighted by Crippen LogP contribution is -2.12. The van der Waals surface area contributed by atoms with Gasteiger partial charge in [-0.25, -0.2) is 9.59 Å². The summed E-state index contributed by atoms with van der Waals surface area (Å²) in [6, 6.07) is 14.0. The minimum Gasteiger partial charge on any atom is -0.488 e. The van der Waals surface area contributed by atoms with Gasteiger partial charge in [0.05, 0.1) is 24.4 Å². The first-order chi connectivity index (χ1) is 18.7. The van der Waals surface area contributed by atoms with Crippen molar-refractivity contribution < 1.29 is 28.6 Å². The predicted molar refractivity (Wildman–Crippen MR) is 151 cm³/mol. The Balaban J connectivity index is 1.94. The second-order valence-electron chi connectivity index (χ2n) is 8.13. The molecule has 0 spiro atoms. The van der Waals surface area contributed by atoms with Crippen LogP contribution in [-0.4, -0.2) is 30.9 Å².